The van der Waals surface area contributed by atoms with Gasteiger partial charge in [-0.25, -0.2) is 8.42 Å². The van der Waals surface area contributed by atoms with Crippen molar-refractivity contribution in [3.8, 4) is 0 Å². The highest BCUT2D eigenvalue weighted by Crippen LogP contribution is 2.26. The molecule has 0 spiro atoms. The van der Waals surface area contributed by atoms with E-state index in [1.54, 1.807) is 13.0 Å². The van der Waals surface area contributed by atoms with Crippen LogP contribution in [0, 0.1) is 6.92 Å². The van der Waals surface area contributed by atoms with E-state index in [9.17, 15) is 8.42 Å². The van der Waals surface area contributed by atoms with Crippen molar-refractivity contribution < 1.29 is 12.9 Å². The number of rotatable bonds is 3. The zero-order valence-electron chi connectivity index (χ0n) is 9.15. The van der Waals surface area contributed by atoms with Crippen molar-refractivity contribution in [2.45, 2.75) is 11.8 Å². The van der Waals surface area contributed by atoms with Crippen molar-refractivity contribution in [3.63, 3.8) is 0 Å². The van der Waals surface area contributed by atoms with Crippen LogP contribution in [0.4, 0.5) is 5.82 Å². The van der Waals surface area contributed by atoms with E-state index >= 15 is 0 Å². The van der Waals surface area contributed by atoms with Gasteiger partial charge in [0.2, 0.25) is 0 Å². The summed E-state index contributed by atoms with van der Waals surface area (Å²) in [4.78, 5) is -0.0204. The minimum Gasteiger partial charge on any atom is -0.360 e. The third-order valence-corrected chi connectivity index (χ3v) is 4.38. The van der Waals surface area contributed by atoms with Crippen LogP contribution in [0.25, 0.3) is 0 Å². The number of hydrogen-bond donors (Lipinski definition) is 1. The van der Waals surface area contributed by atoms with Gasteiger partial charge in [-0.05, 0) is 25.1 Å². The smallest absolute Gasteiger partial charge is 0.264 e. The lowest BCUT2D eigenvalue weighted by atomic mass is 10.4. The maximum atomic E-state index is 12.1. The number of anilines is 1. The van der Waals surface area contributed by atoms with Crippen molar-refractivity contribution in [3.05, 3.63) is 39.5 Å². The molecule has 1 aromatic carbocycles. The third kappa shape index (κ3) is 2.85. The molecule has 0 bridgehead atoms. The molecular weight excluding hydrogens is 344 g/mol. The predicted octanol–water partition coefficient (Wildman–Crippen LogP) is 3.20. The van der Waals surface area contributed by atoms with Gasteiger partial charge in [0, 0.05) is 10.5 Å². The summed E-state index contributed by atoms with van der Waals surface area (Å²) >= 11 is 9.10. The van der Waals surface area contributed by atoms with Gasteiger partial charge in [-0.15, -0.1) is 0 Å². The van der Waals surface area contributed by atoms with Crippen LogP contribution >= 0.6 is 27.5 Å². The van der Waals surface area contributed by atoms with Gasteiger partial charge in [0.1, 0.15) is 10.7 Å². The highest BCUT2D eigenvalue weighted by atomic mass is 79.9. The van der Waals surface area contributed by atoms with Crippen LogP contribution in [0.3, 0.4) is 0 Å². The van der Waals surface area contributed by atoms with E-state index in [0.717, 1.165) is 0 Å². The minimum atomic E-state index is -3.77. The molecule has 0 aliphatic heterocycles. The fraction of sp³-hybridized carbons (Fsp3) is 0.100. The monoisotopic (exact) mass is 350 g/mol. The number of nitrogens with one attached hydrogen (secondary N) is 1. The van der Waals surface area contributed by atoms with Gasteiger partial charge in [-0.3, -0.25) is 4.72 Å². The summed E-state index contributed by atoms with van der Waals surface area (Å²) in [5, 5.41) is 3.68. The molecule has 2 rings (SSSR count). The van der Waals surface area contributed by atoms with E-state index in [-0.39, 0.29) is 15.7 Å². The lowest BCUT2D eigenvalue weighted by molar-refractivity contribution is 0.400. The molecule has 0 saturated heterocycles. The molecule has 0 aliphatic rings. The predicted molar refractivity (Wildman–Crippen MR) is 71.2 cm³/mol. The average molecular weight is 352 g/mol. The van der Waals surface area contributed by atoms with Crippen LogP contribution in [-0.2, 0) is 10.0 Å². The second-order valence-corrected chi connectivity index (χ2v) is 6.48. The number of aryl methyl sites for hydroxylation is 1. The Kier molecular flexibility index (Phi) is 3.65. The molecule has 8 heteroatoms. The molecule has 0 radical (unpaired) electrons. The van der Waals surface area contributed by atoms with Crippen LogP contribution < -0.4 is 4.72 Å². The summed E-state index contributed by atoms with van der Waals surface area (Å²) in [5.41, 5.74) is 0. The van der Waals surface area contributed by atoms with Gasteiger partial charge in [0.15, 0.2) is 5.82 Å². The first-order valence-electron chi connectivity index (χ1n) is 4.80. The lowest BCUT2D eigenvalue weighted by Gasteiger charge is -2.06. The first-order chi connectivity index (χ1) is 8.38. The van der Waals surface area contributed by atoms with Crippen molar-refractivity contribution in [2.75, 3.05) is 4.72 Å². The summed E-state index contributed by atoms with van der Waals surface area (Å²) in [6.45, 7) is 1.66. The molecular formula is C10H8BrClN2O3S. The van der Waals surface area contributed by atoms with Gasteiger partial charge in [0.05, 0.1) is 5.02 Å². The summed E-state index contributed by atoms with van der Waals surface area (Å²) < 4.78 is 31.9. The first-order valence-corrected chi connectivity index (χ1v) is 7.45. The van der Waals surface area contributed by atoms with Crippen LogP contribution in [0.1, 0.15) is 5.76 Å². The second-order valence-electron chi connectivity index (χ2n) is 3.50. The maximum Gasteiger partial charge on any atom is 0.264 e. The maximum absolute atomic E-state index is 12.1. The van der Waals surface area contributed by atoms with Crippen LogP contribution in [0.5, 0.6) is 0 Å². The molecule has 0 aliphatic carbocycles. The molecule has 1 heterocycles. The lowest BCUT2D eigenvalue weighted by Crippen LogP contribution is -2.13. The second kappa shape index (κ2) is 4.91. The molecule has 0 atom stereocenters. The Morgan fingerprint density at radius 3 is 2.67 bits per heavy atom. The topological polar surface area (TPSA) is 72.2 Å². The zero-order valence-corrected chi connectivity index (χ0v) is 12.3. The molecule has 2 aromatic rings. The largest absolute Gasteiger partial charge is 0.360 e. The quantitative estimate of drug-likeness (QED) is 0.921. The average Bonchev–Trinajstić information content (AvgIpc) is 2.62. The van der Waals surface area contributed by atoms with Gasteiger partial charge in [-0.2, -0.15) is 0 Å². The van der Waals surface area contributed by atoms with Crippen molar-refractivity contribution >= 4 is 43.4 Å². The fourth-order valence-corrected chi connectivity index (χ4v) is 3.32. The van der Waals surface area contributed by atoms with Gasteiger partial charge < -0.3 is 4.52 Å². The molecule has 5 nitrogen and oxygen atoms in total. The van der Waals surface area contributed by atoms with Crippen molar-refractivity contribution in [1.29, 1.82) is 0 Å². The van der Waals surface area contributed by atoms with E-state index in [1.807, 2.05) is 0 Å². The Hall–Kier alpha value is -1.05. The summed E-state index contributed by atoms with van der Waals surface area (Å²) in [6.07, 6.45) is 0. The minimum absolute atomic E-state index is 0.0204. The molecule has 0 amide bonds. The van der Waals surface area contributed by atoms with Crippen molar-refractivity contribution in [1.82, 2.24) is 5.16 Å². The third-order valence-electron chi connectivity index (χ3n) is 2.05. The normalized spacial score (nSPS) is 11.5. The molecule has 1 N–H and O–H groups in total. The van der Waals surface area contributed by atoms with Gasteiger partial charge in [0.25, 0.3) is 10.0 Å². The van der Waals surface area contributed by atoms with E-state index < -0.39 is 10.0 Å². The molecule has 0 saturated carbocycles. The Balaban J connectivity index is 2.36. The number of halogens is 2. The van der Waals surface area contributed by atoms with Gasteiger partial charge in [-0.1, -0.05) is 32.7 Å². The van der Waals surface area contributed by atoms with Crippen LogP contribution in [-0.4, -0.2) is 13.6 Å². The zero-order chi connectivity index (χ0) is 13.3. The number of nitrogens with zero attached hydrogens (tertiary/aromatic N) is 1. The standard InChI is InChI=1S/C10H8BrClN2O3S/c1-6-4-10(13-17-6)14-18(15,16)9-3-2-7(11)5-8(9)12/h2-5H,1H3,(H,13,14). The molecule has 0 fully saturated rings. The summed E-state index contributed by atoms with van der Waals surface area (Å²) in [5.74, 6) is 0.626. The number of sulfonamides is 1. The van der Waals surface area contributed by atoms with E-state index in [2.05, 4.69) is 25.8 Å². The van der Waals surface area contributed by atoms with Crippen LogP contribution in [0.2, 0.25) is 5.02 Å². The Morgan fingerprint density at radius 2 is 2.11 bits per heavy atom. The highest BCUT2D eigenvalue weighted by molar-refractivity contribution is 9.10. The Labute approximate surface area is 117 Å². The fourth-order valence-electron chi connectivity index (χ4n) is 1.30. The molecule has 1 aromatic heterocycles. The highest BCUT2D eigenvalue weighted by Gasteiger charge is 2.19. The number of aromatic nitrogens is 1. The van der Waals surface area contributed by atoms with E-state index in [1.165, 1.54) is 18.2 Å². The van der Waals surface area contributed by atoms with Crippen molar-refractivity contribution in [2.24, 2.45) is 0 Å². The SMILES string of the molecule is Cc1cc(NS(=O)(=O)c2ccc(Br)cc2Cl)no1. The Morgan fingerprint density at radius 1 is 1.39 bits per heavy atom. The molecule has 18 heavy (non-hydrogen) atoms. The summed E-state index contributed by atoms with van der Waals surface area (Å²) in [7, 11) is -3.77. The number of benzene rings is 1. The van der Waals surface area contributed by atoms with Gasteiger partial charge >= 0.3 is 0 Å². The first kappa shape index (κ1) is 13.4. The van der Waals surface area contributed by atoms with E-state index in [0.29, 0.717) is 10.2 Å². The molecule has 0 unspecified atom stereocenters. The van der Waals surface area contributed by atoms with Crippen LogP contribution in [0.15, 0.2) is 38.2 Å². The number of hydrogen-bond acceptors (Lipinski definition) is 4. The van der Waals surface area contributed by atoms with E-state index in [4.69, 9.17) is 16.1 Å². The molecule has 96 valence electrons. The Bertz CT molecular complexity index is 684. The summed E-state index contributed by atoms with van der Waals surface area (Å²) in [6, 6.07) is 5.98.